The van der Waals surface area contributed by atoms with Gasteiger partial charge in [-0.15, -0.1) is 0 Å². The van der Waals surface area contributed by atoms with Crippen molar-refractivity contribution in [2.45, 2.75) is 50.7 Å². The highest BCUT2D eigenvalue weighted by Crippen LogP contribution is 2.32. The molecule has 0 aliphatic carbocycles. The number of ether oxygens (including phenoxy) is 2. The fraction of sp³-hybridized carbons (Fsp3) is 0.846. The number of aliphatic hydroxyl groups excluding tert-OH is 1. The minimum atomic E-state index is -0.512. The zero-order valence-corrected chi connectivity index (χ0v) is 11.8. The van der Waals surface area contributed by atoms with Gasteiger partial charge in [-0.25, -0.2) is 0 Å². The smallest absolute Gasteiger partial charge is 0.234 e. The molecule has 0 saturated carbocycles. The van der Waals surface area contributed by atoms with Crippen LogP contribution in [0.5, 0.6) is 0 Å². The van der Waals surface area contributed by atoms with E-state index in [1.54, 1.807) is 7.11 Å². The molecule has 0 aromatic carbocycles. The summed E-state index contributed by atoms with van der Waals surface area (Å²) in [6, 6.07) is 0. The van der Waals surface area contributed by atoms with Crippen LogP contribution in [0.15, 0.2) is 4.52 Å². The molecule has 1 aliphatic rings. The Kier molecular flexibility index (Phi) is 4.54. The summed E-state index contributed by atoms with van der Waals surface area (Å²) in [5.41, 5.74) is -0.512. The van der Waals surface area contributed by atoms with Crippen molar-refractivity contribution >= 4 is 0 Å². The summed E-state index contributed by atoms with van der Waals surface area (Å²) < 4.78 is 16.2. The fourth-order valence-electron chi connectivity index (χ4n) is 2.48. The first-order chi connectivity index (χ1) is 9.16. The molecule has 0 radical (unpaired) electrons. The van der Waals surface area contributed by atoms with Crippen molar-refractivity contribution < 1.29 is 19.1 Å². The van der Waals surface area contributed by atoms with E-state index >= 15 is 0 Å². The average molecular weight is 270 g/mol. The molecule has 6 nitrogen and oxygen atoms in total. The van der Waals surface area contributed by atoms with E-state index in [1.807, 2.05) is 13.8 Å². The summed E-state index contributed by atoms with van der Waals surface area (Å²) in [5.74, 6) is 0.747. The zero-order valence-electron chi connectivity index (χ0n) is 11.8. The largest absolute Gasteiger partial charge is 0.392 e. The number of aliphatic hydroxyl groups is 1. The highest BCUT2D eigenvalue weighted by atomic mass is 16.5. The molecule has 2 heterocycles. The summed E-state index contributed by atoms with van der Waals surface area (Å²) in [6.45, 7) is 5.05. The molecular weight excluding hydrogens is 248 g/mol. The van der Waals surface area contributed by atoms with Gasteiger partial charge >= 0.3 is 0 Å². The quantitative estimate of drug-likeness (QED) is 0.875. The van der Waals surface area contributed by atoms with Crippen molar-refractivity contribution in [2.24, 2.45) is 0 Å². The van der Waals surface area contributed by atoms with E-state index in [2.05, 4.69) is 10.1 Å². The Morgan fingerprint density at radius 3 is 2.74 bits per heavy atom. The van der Waals surface area contributed by atoms with E-state index < -0.39 is 11.7 Å². The van der Waals surface area contributed by atoms with Crippen LogP contribution in [-0.4, -0.2) is 41.7 Å². The maximum atomic E-state index is 9.97. The molecule has 1 aliphatic heterocycles. The molecule has 1 aromatic rings. The van der Waals surface area contributed by atoms with E-state index in [1.165, 1.54) is 0 Å². The molecule has 2 atom stereocenters. The van der Waals surface area contributed by atoms with Gasteiger partial charge in [-0.3, -0.25) is 0 Å². The van der Waals surface area contributed by atoms with Crippen molar-refractivity contribution in [1.29, 1.82) is 0 Å². The van der Waals surface area contributed by atoms with Crippen LogP contribution in [0.1, 0.15) is 50.7 Å². The summed E-state index contributed by atoms with van der Waals surface area (Å²) in [7, 11) is 1.65. The minimum Gasteiger partial charge on any atom is -0.392 e. The molecular formula is C13H22N2O4. The van der Waals surface area contributed by atoms with Crippen LogP contribution < -0.4 is 0 Å². The standard InChI is InChI=1S/C13H22N2O4/c1-4-13(5-2,17-3)12-14-11(19-15-12)9-8-18-7-6-10(9)16/h9-10,16H,4-8H2,1-3H3. The van der Waals surface area contributed by atoms with Crippen LogP contribution in [0.3, 0.4) is 0 Å². The monoisotopic (exact) mass is 270 g/mol. The predicted molar refractivity (Wildman–Crippen MR) is 67.8 cm³/mol. The van der Waals surface area contributed by atoms with Gasteiger partial charge in [0.15, 0.2) is 0 Å². The van der Waals surface area contributed by atoms with E-state index in [4.69, 9.17) is 14.0 Å². The van der Waals surface area contributed by atoms with Gasteiger partial charge in [-0.2, -0.15) is 4.98 Å². The Morgan fingerprint density at radius 1 is 1.42 bits per heavy atom. The summed E-state index contributed by atoms with van der Waals surface area (Å²) in [4.78, 5) is 4.43. The van der Waals surface area contributed by atoms with E-state index in [9.17, 15) is 5.11 Å². The molecule has 2 unspecified atom stereocenters. The number of rotatable bonds is 5. The number of methoxy groups -OCH3 is 1. The third-order valence-corrected chi connectivity index (χ3v) is 4.02. The van der Waals surface area contributed by atoms with Crippen molar-refractivity contribution in [3.05, 3.63) is 11.7 Å². The number of hydrogen-bond donors (Lipinski definition) is 1. The topological polar surface area (TPSA) is 77.6 Å². The number of aromatic nitrogens is 2. The van der Waals surface area contributed by atoms with Crippen molar-refractivity contribution in [3.8, 4) is 0 Å². The second-order valence-electron chi connectivity index (χ2n) is 4.90. The summed E-state index contributed by atoms with van der Waals surface area (Å²) in [6.07, 6.45) is 1.65. The van der Waals surface area contributed by atoms with E-state index in [0.29, 0.717) is 31.3 Å². The lowest BCUT2D eigenvalue weighted by Crippen LogP contribution is -2.31. The van der Waals surface area contributed by atoms with E-state index in [0.717, 1.165) is 12.8 Å². The maximum Gasteiger partial charge on any atom is 0.234 e. The Morgan fingerprint density at radius 2 is 2.16 bits per heavy atom. The SMILES string of the molecule is CCC(CC)(OC)c1noc(C2COCCC2O)n1. The molecule has 19 heavy (non-hydrogen) atoms. The molecule has 1 fully saturated rings. The Bertz CT molecular complexity index is 395. The first kappa shape index (κ1) is 14.4. The molecule has 1 aromatic heterocycles. The van der Waals surface area contributed by atoms with Gasteiger partial charge in [0, 0.05) is 13.7 Å². The Labute approximate surface area is 113 Å². The molecule has 1 saturated heterocycles. The van der Waals surface area contributed by atoms with Crippen molar-refractivity contribution in [1.82, 2.24) is 10.1 Å². The van der Waals surface area contributed by atoms with Crippen molar-refractivity contribution in [2.75, 3.05) is 20.3 Å². The lowest BCUT2D eigenvalue weighted by Gasteiger charge is -2.26. The van der Waals surface area contributed by atoms with Gasteiger partial charge in [-0.1, -0.05) is 19.0 Å². The molecule has 0 amide bonds. The van der Waals surface area contributed by atoms with Gasteiger partial charge in [0.2, 0.25) is 11.7 Å². The van der Waals surface area contributed by atoms with Gasteiger partial charge in [0.25, 0.3) is 0 Å². The average Bonchev–Trinajstić information content (AvgIpc) is 2.92. The van der Waals surface area contributed by atoms with Crippen LogP contribution in [0, 0.1) is 0 Å². The highest BCUT2D eigenvalue weighted by molar-refractivity contribution is 5.05. The van der Waals surface area contributed by atoms with Crippen LogP contribution in [-0.2, 0) is 15.1 Å². The molecule has 2 rings (SSSR count). The predicted octanol–water partition coefficient (Wildman–Crippen LogP) is 1.60. The molecule has 0 bridgehead atoms. The molecule has 6 heteroatoms. The third kappa shape index (κ3) is 2.66. The first-order valence-electron chi connectivity index (χ1n) is 6.82. The van der Waals surface area contributed by atoms with Gasteiger partial charge < -0.3 is 19.1 Å². The van der Waals surface area contributed by atoms with Gasteiger partial charge in [0.1, 0.15) is 5.60 Å². The van der Waals surface area contributed by atoms with E-state index in [-0.39, 0.29) is 5.92 Å². The van der Waals surface area contributed by atoms with Crippen molar-refractivity contribution in [3.63, 3.8) is 0 Å². The van der Waals surface area contributed by atoms with Crippen LogP contribution >= 0.6 is 0 Å². The minimum absolute atomic E-state index is 0.238. The molecule has 0 spiro atoms. The first-order valence-corrected chi connectivity index (χ1v) is 6.82. The number of nitrogens with zero attached hydrogens (tertiary/aromatic N) is 2. The lowest BCUT2D eigenvalue weighted by atomic mass is 9.95. The van der Waals surface area contributed by atoms with Crippen LogP contribution in [0.2, 0.25) is 0 Å². The van der Waals surface area contributed by atoms with Gasteiger partial charge in [0.05, 0.1) is 18.6 Å². The maximum absolute atomic E-state index is 9.97. The molecule has 108 valence electrons. The van der Waals surface area contributed by atoms with Crippen LogP contribution in [0.25, 0.3) is 0 Å². The number of hydrogen-bond acceptors (Lipinski definition) is 6. The molecule has 1 N–H and O–H groups in total. The Balaban J connectivity index is 2.22. The van der Waals surface area contributed by atoms with Crippen LogP contribution in [0.4, 0.5) is 0 Å². The second-order valence-corrected chi connectivity index (χ2v) is 4.90. The van der Waals surface area contributed by atoms with Gasteiger partial charge in [-0.05, 0) is 19.3 Å². The second kappa shape index (κ2) is 5.98. The lowest BCUT2D eigenvalue weighted by molar-refractivity contribution is -0.0306. The summed E-state index contributed by atoms with van der Waals surface area (Å²) in [5, 5.41) is 14.0. The fourth-order valence-corrected chi connectivity index (χ4v) is 2.48. The summed E-state index contributed by atoms with van der Waals surface area (Å²) >= 11 is 0. The zero-order chi connectivity index (χ0) is 13.9. The highest BCUT2D eigenvalue weighted by Gasteiger charge is 2.36. The normalized spacial score (nSPS) is 24.6. The third-order valence-electron chi connectivity index (χ3n) is 4.02. The Hall–Kier alpha value is -0.980.